The number of carbonyl (C=O) groups excluding carboxylic acids is 1. The lowest BCUT2D eigenvalue weighted by Crippen LogP contribution is -2.37. The molecule has 1 saturated carbocycles. The van der Waals surface area contributed by atoms with E-state index < -0.39 is 0 Å². The fraction of sp³-hybridized carbons (Fsp3) is 0.533. The van der Waals surface area contributed by atoms with Gasteiger partial charge in [-0.05, 0) is 44.2 Å². The van der Waals surface area contributed by atoms with Crippen LogP contribution in [0.1, 0.15) is 44.2 Å². The normalized spacial score (nSPS) is 24.9. The summed E-state index contributed by atoms with van der Waals surface area (Å²) in [5.41, 5.74) is 6.64. The van der Waals surface area contributed by atoms with Gasteiger partial charge in [-0.25, -0.2) is 0 Å². The van der Waals surface area contributed by atoms with Crippen molar-refractivity contribution in [3.63, 3.8) is 0 Å². The Labute approximate surface area is 123 Å². The Morgan fingerprint density at radius 1 is 1.32 bits per heavy atom. The van der Waals surface area contributed by atoms with E-state index in [2.05, 4.69) is 46.4 Å². The molecule has 1 atom stereocenters. The highest BCUT2D eigenvalue weighted by molar-refractivity contribution is 9.10. The molecule has 3 N–H and O–H groups in total. The van der Waals surface area contributed by atoms with Crippen molar-refractivity contribution in [2.24, 2.45) is 11.7 Å². The Hall–Kier alpha value is -0.870. The Morgan fingerprint density at radius 2 is 1.95 bits per heavy atom. The van der Waals surface area contributed by atoms with Gasteiger partial charge >= 0.3 is 0 Å². The zero-order valence-corrected chi connectivity index (χ0v) is 12.8. The molecule has 0 spiro atoms. The van der Waals surface area contributed by atoms with Gasteiger partial charge in [-0.3, -0.25) is 4.79 Å². The van der Waals surface area contributed by atoms with Gasteiger partial charge < -0.3 is 11.1 Å². The molecule has 1 aliphatic carbocycles. The van der Waals surface area contributed by atoms with Crippen molar-refractivity contribution in [1.29, 1.82) is 0 Å². The predicted octanol–water partition coefficient (Wildman–Crippen LogP) is 3.14. The van der Waals surface area contributed by atoms with Crippen LogP contribution in [0, 0.1) is 5.92 Å². The monoisotopic (exact) mass is 324 g/mol. The molecule has 19 heavy (non-hydrogen) atoms. The Morgan fingerprint density at radius 3 is 2.53 bits per heavy atom. The zero-order chi connectivity index (χ0) is 13.8. The van der Waals surface area contributed by atoms with Crippen LogP contribution in [0.25, 0.3) is 0 Å². The number of hydrogen-bond donors (Lipinski definition) is 2. The van der Waals surface area contributed by atoms with Gasteiger partial charge in [0.2, 0.25) is 5.91 Å². The fourth-order valence-corrected chi connectivity index (χ4v) is 3.44. The molecular formula is C15H21BrN2O. The van der Waals surface area contributed by atoms with Gasteiger partial charge in [-0.1, -0.05) is 34.1 Å². The second-order valence-electron chi connectivity index (χ2n) is 5.36. The maximum atomic E-state index is 11.1. The van der Waals surface area contributed by atoms with Crippen molar-refractivity contribution in [1.82, 2.24) is 5.32 Å². The molecule has 1 unspecified atom stereocenters. The number of nitrogens with two attached hydrogens (primary N) is 1. The molecule has 1 aliphatic rings. The second-order valence-corrected chi connectivity index (χ2v) is 6.22. The maximum Gasteiger partial charge on any atom is 0.220 e. The van der Waals surface area contributed by atoms with Gasteiger partial charge in [0.1, 0.15) is 0 Å². The molecule has 2 rings (SSSR count). The molecule has 0 radical (unpaired) electrons. The van der Waals surface area contributed by atoms with E-state index in [0.29, 0.717) is 12.1 Å². The lowest BCUT2D eigenvalue weighted by atomic mass is 9.85. The van der Waals surface area contributed by atoms with E-state index in [1.165, 1.54) is 5.56 Å². The lowest BCUT2D eigenvalue weighted by Gasteiger charge is -2.30. The fourth-order valence-electron chi connectivity index (χ4n) is 2.81. The van der Waals surface area contributed by atoms with E-state index in [9.17, 15) is 4.79 Å². The summed E-state index contributed by atoms with van der Waals surface area (Å²) < 4.78 is 1.14. The molecule has 1 fully saturated rings. The van der Waals surface area contributed by atoms with Gasteiger partial charge in [0, 0.05) is 22.5 Å². The van der Waals surface area contributed by atoms with Crippen molar-refractivity contribution in [2.75, 3.05) is 0 Å². The highest BCUT2D eigenvalue weighted by Gasteiger charge is 2.25. The van der Waals surface area contributed by atoms with Crippen LogP contribution in [-0.2, 0) is 4.79 Å². The van der Waals surface area contributed by atoms with Crippen LogP contribution in [0.15, 0.2) is 28.7 Å². The highest BCUT2D eigenvalue weighted by atomic mass is 79.9. The molecule has 0 aliphatic heterocycles. The molecule has 1 amide bonds. The number of benzene rings is 1. The van der Waals surface area contributed by atoms with Crippen LogP contribution >= 0.6 is 15.9 Å². The molecule has 0 saturated heterocycles. The summed E-state index contributed by atoms with van der Waals surface area (Å²) in [7, 11) is 0. The highest BCUT2D eigenvalue weighted by Crippen LogP contribution is 2.28. The quantitative estimate of drug-likeness (QED) is 0.893. The van der Waals surface area contributed by atoms with Crippen molar-refractivity contribution in [3.8, 4) is 0 Å². The van der Waals surface area contributed by atoms with Gasteiger partial charge in [0.05, 0.1) is 0 Å². The maximum absolute atomic E-state index is 11.1. The minimum atomic E-state index is -0.141. The molecule has 4 heteroatoms. The average Bonchev–Trinajstić information content (AvgIpc) is 2.39. The minimum Gasteiger partial charge on any atom is -0.369 e. The van der Waals surface area contributed by atoms with Crippen molar-refractivity contribution >= 4 is 21.8 Å². The second kappa shape index (κ2) is 6.53. The Balaban J connectivity index is 1.89. The molecule has 0 bridgehead atoms. The minimum absolute atomic E-state index is 0.0804. The predicted molar refractivity (Wildman–Crippen MR) is 80.6 cm³/mol. The number of carbonyl (C=O) groups is 1. The van der Waals surface area contributed by atoms with Crippen LogP contribution in [0.4, 0.5) is 0 Å². The Kier molecular flexibility index (Phi) is 4.99. The first kappa shape index (κ1) is 14.5. The summed E-state index contributed by atoms with van der Waals surface area (Å²) >= 11 is 3.59. The number of primary amides is 1. The van der Waals surface area contributed by atoms with Gasteiger partial charge in [0.15, 0.2) is 0 Å². The average molecular weight is 325 g/mol. The van der Waals surface area contributed by atoms with E-state index in [1.807, 2.05) is 6.07 Å². The summed E-state index contributed by atoms with van der Waals surface area (Å²) in [5.74, 6) is -0.0610. The van der Waals surface area contributed by atoms with E-state index in [0.717, 1.165) is 30.2 Å². The molecule has 1 aromatic rings. The molecule has 104 valence electrons. The number of nitrogens with one attached hydrogen (secondary N) is 1. The third-order valence-electron chi connectivity index (χ3n) is 3.99. The smallest absolute Gasteiger partial charge is 0.220 e. The molecule has 1 aromatic carbocycles. The van der Waals surface area contributed by atoms with Crippen molar-refractivity contribution in [3.05, 3.63) is 34.3 Å². The van der Waals surface area contributed by atoms with E-state index in [-0.39, 0.29) is 11.8 Å². The van der Waals surface area contributed by atoms with Crippen LogP contribution in [-0.4, -0.2) is 11.9 Å². The number of hydrogen-bond acceptors (Lipinski definition) is 2. The number of amides is 1. The largest absolute Gasteiger partial charge is 0.369 e. The third-order valence-corrected chi connectivity index (χ3v) is 4.71. The summed E-state index contributed by atoms with van der Waals surface area (Å²) in [4.78, 5) is 11.1. The van der Waals surface area contributed by atoms with Gasteiger partial charge in [0.25, 0.3) is 0 Å². The number of halogens is 1. The van der Waals surface area contributed by atoms with Gasteiger partial charge in [-0.15, -0.1) is 0 Å². The number of rotatable bonds is 4. The SMILES string of the molecule is CC(NC1CCC(C(N)=O)CC1)c1ccccc1Br. The zero-order valence-electron chi connectivity index (χ0n) is 11.2. The summed E-state index contributed by atoms with van der Waals surface area (Å²) in [5, 5.41) is 3.65. The first-order valence-electron chi connectivity index (χ1n) is 6.87. The van der Waals surface area contributed by atoms with Crippen molar-refractivity contribution < 1.29 is 4.79 Å². The standard InChI is InChI=1S/C15H21BrN2O/c1-10(13-4-2-3-5-14(13)16)18-12-8-6-11(7-9-12)15(17)19/h2-5,10-12,18H,6-9H2,1H3,(H2,17,19). The first-order chi connectivity index (χ1) is 9.08. The molecule has 0 heterocycles. The van der Waals surface area contributed by atoms with E-state index >= 15 is 0 Å². The summed E-state index contributed by atoms with van der Waals surface area (Å²) in [6, 6.07) is 9.08. The third kappa shape index (κ3) is 3.80. The Bertz CT molecular complexity index is 442. The van der Waals surface area contributed by atoms with E-state index in [4.69, 9.17) is 5.73 Å². The molecule has 0 aromatic heterocycles. The van der Waals surface area contributed by atoms with Crippen LogP contribution < -0.4 is 11.1 Å². The van der Waals surface area contributed by atoms with Crippen LogP contribution in [0.2, 0.25) is 0 Å². The van der Waals surface area contributed by atoms with Crippen LogP contribution in [0.5, 0.6) is 0 Å². The topological polar surface area (TPSA) is 55.1 Å². The first-order valence-corrected chi connectivity index (χ1v) is 7.67. The lowest BCUT2D eigenvalue weighted by molar-refractivity contribution is -0.122. The summed E-state index contributed by atoms with van der Waals surface area (Å²) in [6.07, 6.45) is 3.89. The summed E-state index contributed by atoms with van der Waals surface area (Å²) in [6.45, 7) is 2.18. The van der Waals surface area contributed by atoms with Crippen molar-refractivity contribution in [2.45, 2.75) is 44.7 Å². The van der Waals surface area contributed by atoms with E-state index in [1.54, 1.807) is 0 Å². The molecular weight excluding hydrogens is 304 g/mol. The molecule has 3 nitrogen and oxygen atoms in total. The van der Waals surface area contributed by atoms with Gasteiger partial charge in [-0.2, -0.15) is 0 Å². The van der Waals surface area contributed by atoms with Crippen LogP contribution in [0.3, 0.4) is 0 Å².